The molecule has 37 heavy (non-hydrogen) atoms. The highest BCUT2D eigenvalue weighted by Crippen LogP contribution is 2.40. The maximum absolute atomic E-state index is 12.9. The van der Waals surface area contributed by atoms with Gasteiger partial charge in [0.05, 0.1) is 0 Å². The molecule has 0 radical (unpaired) electrons. The van der Waals surface area contributed by atoms with Crippen molar-refractivity contribution in [3.63, 3.8) is 0 Å². The molecule has 0 unspecified atom stereocenters. The standard InChI is InChI=1S/C31H36N4O2/c1-21(36)34-26-14-8-22(9-15-26)18-30(37)35-29-19-27(23-6-3-2-4-7-23)28(20-33-29)24-10-12-25(13-11-24)31(32)16-5-17-31/h2-4,6-7,10-13,19-20,22,26H,5,8-9,14-18,32H2,1H3,(H,34,36)(H,33,35,37)/t22-,26-. The van der Waals surface area contributed by atoms with Gasteiger partial charge in [0.2, 0.25) is 11.8 Å². The largest absolute Gasteiger partial charge is 0.354 e. The molecule has 0 bridgehead atoms. The smallest absolute Gasteiger partial charge is 0.225 e. The van der Waals surface area contributed by atoms with Crippen molar-refractivity contribution in [2.45, 2.75) is 69.9 Å². The van der Waals surface area contributed by atoms with Gasteiger partial charge in [-0.1, -0.05) is 54.6 Å². The predicted molar refractivity (Wildman–Crippen MR) is 148 cm³/mol. The van der Waals surface area contributed by atoms with Crippen LogP contribution < -0.4 is 16.4 Å². The summed E-state index contributed by atoms with van der Waals surface area (Å²) in [5, 5.41) is 6.03. The molecule has 2 saturated carbocycles. The zero-order chi connectivity index (χ0) is 25.8. The molecule has 2 aliphatic carbocycles. The van der Waals surface area contributed by atoms with Gasteiger partial charge in [0, 0.05) is 36.7 Å². The summed E-state index contributed by atoms with van der Waals surface area (Å²) in [5.41, 5.74) is 11.7. The predicted octanol–water partition coefficient (Wildman–Crippen LogP) is 5.78. The molecule has 2 aliphatic rings. The molecule has 1 aromatic heterocycles. The summed E-state index contributed by atoms with van der Waals surface area (Å²) in [4.78, 5) is 28.8. The van der Waals surface area contributed by atoms with Gasteiger partial charge in [0.25, 0.3) is 0 Å². The van der Waals surface area contributed by atoms with Crippen LogP contribution in [0.3, 0.4) is 0 Å². The number of benzene rings is 2. The lowest BCUT2D eigenvalue weighted by atomic mass is 9.72. The summed E-state index contributed by atoms with van der Waals surface area (Å²) >= 11 is 0. The lowest BCUT2D eigenvalue weighted by Crippen LogP contribution is -2.43. The van der Waals surface area contributed by atoms with E-state index in [1.165, 1.54) is 12.0 Å². The Bertz CT molecular complexity index is 1240. The number of rotatable bonds is 7. The molecule has 4 N–H and O–H groups in total. The monoisotopic (exact) mass is 496 g/mol. The Morgan fingerprint density at radius 2 is 1.62 bits per heavy atom. The van der Waals surface area contributed by atoms with E-state index in [9.17, 15) is 9.59 Å². The number of nitrogens with two attached hydrogens (primary N) is 1. The molecule has 1 heterocycles. The van der Waals surface area contributed by atoms with Crippen molar-refractivity contribution in [2.75, 3.05) is 5.32 Å². The zero-order valence-electron chi connectivity index (χ0n) is 21.5. The summed E-state index contributed by atoms with van der Waals surface area (Å²) in [6.45, 7) is 1.56. The van der Waals surface area contributed by atoms with Crippen LogP contribution in [-0.4, -0.2) is 22.8 Å². The molecular formula is C31H36N4O2. The topological polar surface area (TPSA) is 97.1 Å². The van der Waals surface area contributed by atoms with Crippen LogP contribution in [0.25, 0.3) is 22.3 Å². The maximum atomic E-state index is 12.9. The molecule has 0 spiro atoms. The Labute approximate surface area is 219 Å². The minimum atomic E-state index is -0.184. The van der Waals surface area contributed by atoms with Crippen LogP contribution >= 0.6 is 0 Å². The van der Waals surface area contributed by atoms with E-state index in [0.717, 1.165) is 60.8 Å². The first-order valence-corrected chi connectivity index (χ1v) is 13.4. The molecule has 2 fully saturated rings. The molecule has 3 aromatic rings. The van der Waals surface area contributed by atoms with Crippen LogP contribution in [0.4, 0.5) is 5.82 Å². The lowest BCUT2D eigenvalue weighted by molar-refractivity contribution is -0.120. The first-order valence-electron chi connectivity index (χ1n) is 13.4. The van der Waals surface area contributed by atoms with Crippen molar-refractivity contribution >= 4 is 17.6 Å². The summed E-state index contributed by atoms with van der Waals surface area (Å²) in [6, 6.07) is 20.9. The van der Waals surface area contributed by atoms with Crippen molar-refractivity contribution in [1.82, 2.24) is 10.3 Å². The number of carbonyl (C=O) groups is 2. The number of anilines is 1. The third kappa shape index (κ3) is 5.91. The fourth-order valence-corrected chi connectivity index (χ4v) is 5.69. The molecule has 2 amide bonds. The van der Waals surface area contributed by atoms with Gasteiger partial charge in [-0.05, 0) is 79.2 Å². The molecular weight excluding hydrogens is 460 g/mol. The van der Waals surface area contributed by atoms with Gasteiger partial charge in [-0.15, -0.1) is 0 Å². The van der Waals surface area contributed by atoms with E-state index < -0.39 is 0 Å². The van der Waals surface area contributed by atoms with Gasteiger partial charge in [-0.3, -0.25) is 9.59 Å². The zero-order valence-corrected chi connectivity index (χ0v) is 21.5. The number of amides is 2. The van der Waals surface area contributed by atoms with Crippen molar-refractivity contribution < 1.29 is 9.59 Å². The lowest BCUT2D eigenvalue weighted by Gasteiger charge is -2.38. The van der Waals surface area contributed by atoms with Crippen LogP contribution in [0.1, 0.15) is 63.9 Å². The molecule has 5 rings (SSSR count). The number of aromatic nitrogens is 1. The third-order valence-corrected chi connectivity index (χ3v) is 8.00. The second-order valence-electron chi connectivity index (χ2n) is 10.7. The average Bonchev–Trinajstić information content (AvgIpc) is 2.89. The van der Waals surface area contributed by atoms with Crippen LogP contribution in [0.5, 0.6) is 0 Å². The number of carbonyl (C=O) groups excluding carboxylic acids is 2. The molecule has 192 valence electrons. The van der Waals surface area contributed by atoms with Crippen molar-refractivity contribution in [3.05, 3.63) is 72.4 Å². The Morgan fingerprint density at radius 3 is 2.24 bits per heavy atom. The minimum Gasteiger partial charge on any atom is -0.354 e. The molecule has 2 aromatic carbocycles. The number of hydrogen-bond acceptors (Lipinski definition) is 4. The fourth-order valence-electron chi connectivity index (χ4n) is 5.69. The van der Waals surface area contributed by atoms with E-state index in [4.69, 9.17) is 5.73 Å². The molecule has 0 atom stereocenters. The second kappa shape index (κ2) is 10.9. The number of pyridine rings is 1. The summed E-state index contributed by atoms with van der Waals surface area (Å²) < 4.78 is 0. The number of nitrogens with one attached hydrogen (secondary N) is 2. The Morgan fingerprint density at radius 1 is 0.946 bits per heavy atom. The van der Waals surface area contributed by atoms with Gasteiger partial charge in [0.15, 0.2) is 0 Å². The van der Waals surface area contributed by atoms with Gasteiger partial charge in [-0.2, -0.15) is 0 Å². The number of nitrogens with zero attached hydrogens (tertiary/aromatic N) is 1. The highest BCUT2D eigenvalue weighted by molar-refractivity contribution is 5.92. The van der Waals surface area contributed by atoms with Crippen LogP contribution in [0.15, 0.2) is 66.9 Å². The highest BCUT2D eigenvalue weighted by atomic mass is 16.2. The second-order valence-corrected chi connectivity index (χ2v) is 10.7. The van der Waals surface area contributed by atoms with Crippen molar-refractivity contribution in [2.24, 2.45) is 11.7 Å². The summed E-state index contributed by atoms with van der Waals surface area (Å²) in [6.07, 6.45) is 9.32. The SMILES string of the molecule is CC(=O)N[C@H]1CC[C@H](CC(=O)Nc2cc(-c3ccccc3)c(-c3ccc(C4(N)CCC4)cc3)cn2)CC1. The first-order chi connectivity index (χ1) is 17.9. The minimum absolute atomic E-state index is 0.0136. The number of hydrogen-bond donors (Lipinski definition) is 3. The van der Waals surface area contributed by atoms with Gasteiger partial charge in [-0.25, -0.2) is 4.98 Å². The maximum Gasteiger partial charge on any atom is 0.225 e. The van der Waals surface area contributed by atoms with Crippen LogP contribution in [-0.2, 0) is 15.1 Å². The average molecular weight is 497 g/mol. The first kappa shape index (κ1) is 25.2. The molecule has 0 aliphatic heterocycles. The van der Waals surface area contributed by atoms with Gasteiger partial charge >= 0.3 is 0 Å². The van der Waals surface area contributed by atoms with Crippen molar-refractivity contribution in [3.8, 4) is 22.3 Å². The van der Waals surface area contributed by atoms with E-state index in [1.807, 2.05) is 30.5 Å². The molecule has 0 saturated heterocycles. The fraction of sp³-hybridized carbons (Fsp3) is 0.387. The molecule has 6 heteroatoms. The van der Waals surface area contributed by atoms with Crippen LogP contribution in [0, 0.1) is 5.92 Å². The normalized spacial score (nSPS) is 20.5. The molecule has 6 nitrogen and oxygen atoms in total. The van der Waals surface area contributed by atoms with Crippen molar-refractivity contribution in [1.29, 1.82) is 0 Å². The van der Waals surface area contributed by atoms with E-state index in [1.54, 1.807) is 6.92 Å². The van der Waals surface area contributed by atoms with E-state index in [-0.39, 0.29) is 23.4 Å². The third-order valence-electron chi connectivity index (χ3n) is 8.00. The quantitative estimate of drug-likeness (QED) is 0.386. The summed E-state index contributed by atoms with van der Waals surface area (Å²) in [5.74, 6) is 0.896. The highest BCUT2D eigenvalue weighted by Gasteiger charge is 2.34. The van der Waals surface area contributed by atoms with E-state index in [2.05, 4.69) is 52.0 Å². The van der Waals surface area contributed by atoms with E-state index in [0.29, 0.717) is 18.2 Å². The Balaban J connectivity index is 1.31. The van der Waals surface area contributed by atoms with E-state index >= 15 is 0 Å². The van der Waals surface area contributed by atoms with Crippen LogP contribution in [0.2, 0.25) is 0 Å². The Kier molecular flexibility index (Phi) is 7.38. The van der Waals surface area contributed by atoms with Gasteiger partial charge in [0.1, 0.15) is 5.82 Å². The summed E-state index contributed by atoms with van der Waals surface area (Å²) in [7, 11) is 0. The van der Waals surface area contributed by atoms with Gasteiger partial charge < -0.3 is 16.4 Å². The Hall–Kier alpha value is -3.51.